The van der Waals surface area contributed by atoms with Gasteiger partial charge in [-0.25, -0.2) is 0 Å². The zero-order chi connectivity index (χ0) is 11.3. The summed E-state index contributed by atoms with van der Waals surface area (Å²) < 4.78 is 10.1. The fourth-order valence-electron chi connectivity index (χ4n) is 0.963. The minimum atomic E-state index is -0.204. The minimum Gasteiger partial charge on any atom is -0.355 e. The molecule has 1 aromatic carbocycles. The molecule has 0 aliphatic heterocycles. The quantitative estimate of drug-likeness (QED) is 0.598. The largest absolute Gasteiger partial charge is 0.355 e. The standard InChI is InChI=1S/C10H12Cl2O2S/c1-13-10(14-2)6-15-7-3-4-8(11)9(12)5-7/h3-5,10H,6H2,1-2H3. The molecule has 1 aromatic rings. The van der Waals surface area contributed by atoms with Crippen LogP contribution in [0, 0.1) is 0 Å². The van der Waals surface area contributed by atoms with Crippen LogP contribution < -0.4 is 0 Å². The number of rotatable bonds is 5. The number of hydrogen-bond acceptors (Lipinski definition) is 3. The van der Waals surface area contributed by atoms with Crippen molar-refractivity contribution in [3.8, 4) is 0 Å². The molecule has 0 N–H and O–H groups in total. The van der Waals surface area contributed by atoms with E-state index in [1.54, 1.807) is 32.0 Å². The zero-order valence-corrected chi connectivity index (χ0v) is 10.8. The van der Waals surface area contributed by atoms with Crippen LogP contribution in [0.4, 0.5) is 0 Å². The van der Waals surface area contributed by atoms with Gasteiger partial charge >= 0.3 is 0 Å². The fourth-order valence-corrected chi connectivity index (χ4v) is 2.29. The molecule has 0 spiro atoms. The second kappa shape index (κ2) is 6.61. The van der Waals surface area contributed by atoms with E-state index in [-0.39, 0.29) is 6.29 Å². The van der Waals surface area contributed by atoms with Crippen molar-refractivity contribution in [2.24, 2.45) is 0 Å². The number of ether oxygens (including phenoxy) is 2. The van der Waals surface area contributed by atoms with Crippen LogP contribution in [0.3, 0.4) is 0 Å². The molecular weight excluding hydrogens is 255 g/mol. The molecule has 0 aliphatic carbocycles. The second-order valence-corrected chi connectivity index (χ2v) is 4.70. The average Bonchev–Trinajstić information content (AvgIpc) is 2.24. The lowest BCUT2D eigenvalue weighted by atomic mass is 10.4. The fraction of sp³-hybridized carbons (Fsp3) is 0.400. The molecule has 0 amide bonds. The summed E-state index contributed by atoms with van der Waals surface area (Å²) in [4.78, 5) is 1.04. The number of hydrogen-bond donors (Lipinski definition) is 0. The molecule has 0 bridgehead atoms. The Morgan fingerprint density at radius 2 is 1.87 bits per heavy atom. The second-order valence-electron chi connectivity index (χ2n) is 2.79. The highest BCUT2D eigenvalue weighted by Crippen LogP contribution is 2.28. The minimum absolute atomic E-state index is 0.204. The van der Waals surface area contributed by atoms with Crippen molar-refractivity contribution in [2.75, 3.05) is 20.0 Å². The highest BCUT2D eigenvalue weighted by molar-refractivity contribution is 7.99. The molecule has 0 unspecified atom stereocenters. The maximum atomic E-state index is 5.89. The molecule has 0 fully saturated rings. The van der Waals surface area contributed by atoms with Gasteiger partial charge in [-0.1, -0.05) is 23.2 Å². The molecule has 0 aromatic heterocycles. The van der Waals surface area contributed by atoms with Crippen LogP contribution in [0.1, 0.15) is 0 Å². The third-order valence-corrected chi connectivity index (χ3v) is 3.57. The molecule has 0 saturated heterocycles. The van der Waals surface area contributed by atoms with Crippen molar-refractivity contribution in [1.82, 2.24) is 0 Å². The summed E-state index contributed by atoms with van der Waals surface area (Å²) in [6, 6.07) is 5.53. The SMILES string of the molecule is COC(CSc1ccc(Cl)c(Cl)c1)OC. The van der Waals surface area contributed by atoms with Gasteiger partial charge in [-0.15, -0.1) is 11.8 Å². The monoisotopic (exact) mass is 266 g/mol. The van der Waals surface area contributed by atoms with Crippen LogP contribution >= 0.6 is 35.0 Å². The average molecular weight is 267 g/mol. The van der Waals surface area contributed by atoms with E-state index in [0.29, 0.717) is 15.8 Å². The molecule has 2 nitrogen and oxygen atoms in total. The molecule has 5 heteroatoms. The van der Waals surface area contributed by atoms with E-state index >= 15 is 0 Å². The smallest absolute Gasteiger partial charge is 0.166 e. The number of methoxy groups -OCH3 is 2. The Kier molecular flexibility index (Phi) is 5.79. The molecular formula is C10H12Cl2O2S. The highest BCUT2D eigenvalue weighted by Gasteiger charge is 2.06. The molecule has 15 heavy (non-hydrogen) atoms. The Hall–Kier alpha value is 0.0700. The molecule has 0 aliphatic rings. The Bertz CT molecular complexity index is 316. The molecule has 0 heterocycles. The van der Waals surface area contributed by atoms with Gasteiger partial charge in [0.2, 0.25) is 0 Å². The van der Waals surface area contributed by atoms with E-state index in [4.69, 9.17) is 32.7 Å². The molecule has 0 atom stereocenters. The highest BCUT2D eigenvalue weighted by atomic mass is 35.5. The third-order valence-electron chi connectivity index (χ3n) is 1.80. The first-order chi connectivity index (χ1) is 7.17. The van der Waals surface area contributed by atoms with E-state index < -0.39 is 0 Å². The van der Waals surface area contributed by atoms with Gasteiger partial charge in [-0.3, -0.25) is 0 Å². The van der Waals surface area contributed by atoms with Crippen molar-refractivity contribution in [2.45, 2.75) is 11.2 Å². The maximum Gasteiger partial charge on any atom is 0.166 e. The van der Waals surface area contributed by atoms with Crippen LogP contribution in [0.15, 0.2) is 23.1 Å². The Morgan fingerprint density at radius 1 is 1.20 bits per heavy atom. The van der Waals surface area contributed by atoms with Crippen LogP contribution in [0.2, 0.25) is 10.0 Å². The predicted octanol–water partition coefficient (Wildman–Crippen LogP) is 3.70. The van der Waals surface area contributed by atoms with Gasteiger partial charge in [-0.05, 0) is 18.2 Å². The lowest BCUT2D eigenvalue weighted by molar-refractivity contribution is -0.0842. The van der Waals surface area contributed by atoms with Gasteiger partial charge in [0, 0.05) is 24.9 Å². The van der Waals surface area contributed by atoms with Crippen molar-refractivity contribution in [1.29, 1.82) is 0 Å². The first kappa shape index (κ1) is 13.1. The zero-order valence-electron chi connectivity index (χ0n) is 8.50. The van der Waals surface area contributed by atoms with Crippen molar-refractivity contribution >= 4 is 35.0 Å². The number of benzene rings is 1. The van der Waals surface area contributed by atoms with Gasteiger partial charge in [0.25, 0.3) is 0 Å². The molecule has 1 rings (SSSR count). The summed E-state index contributed by atoms with van der Waals surface area (Å²) in [7, 11) is 3.23. The summed E-state index contributed by atoms with van der Waals surface area (Å²) in [6.07, 6.45) is -0.204. The lowest BCUT2D eigenvalue weighted by Crippen LogP contribution is -2.15. The van der Waals surface area contributed by atoms with Crippen molar-refractivity contribution in [3.63, 3.8) is 0 Å². The topological polar surface area (TPSA) is 18.5 Å². The van der Waals surface area contributed by atoms with E-state index in [0.717, 1.165) is 4.90 Å². The summed E-state index contributed by atoms with van der Waals surface area (Å²) in [6.45, 7) is 0. The van der Waals surface area contributed by atoms with Gasteiger partial charge in [0.05, 0.1) is 10.0 Å². The van der Waals surface area contributed by atoms with E-state index in [1.807, 2.05) is 12.1 Å². The van der Waals surface area contributed by atoms with Crippen LogP contribution in [-0.4, -0.2) is 26.3 Å². The van der Waals surface area contributed by atoms with Crippen molar-refractivity contribution in [3.05, 3.63) is 28.2 Å². The van der Waals surface area contributed by atoms with E-state index in [1.165, 1.54) is 0 Å². The first-order valence-electron chi connectivity index (χ1n) is 4.30. The Balaban J connectivity index is 2.54. The first-order valence-corrected chi connectivity index (χ1v) is 6.05. The number of thioether (sulfide) groups is 1. The van der Waals surface area contributed by atoms with E-state index in [2.05, 4.69) is 0 Å². The molecule has 0 radical (unpaired) electrons. The summed E-state index contributed by atoms with van der Waals surface area (Å²) in [5.74, 6) is 0.713. The van der Waals surface area contributed by atoms with Crippen LogP contribution in [-0.2, 0) is 9.47 Å². The Morgan fingerprint density at radius 3 is 2.40 bits per heavy atom. The normalized spacial score (nSPS) is 11.0. The van der Waals surface area contributed by atoms with Gasteiger partial charge in [0.1, 0.15) is 0 Å². The van der Waals surface area contributed by atoms with Gasteiger partial charge < -0.3 is 9.47 Å². The third kappa shape index (κ3) is 4.21. The van der Waals surface area contributed by atoms with Gasteiger partial charge in [0.15, 0.2) is 6.29 Å². The van der Waals surface area contributed by atoms with Crippen molar-refractivity contribution < 1.29 is 9.47 Å². The lowest BCUT2D eigenvalue weighted by Gasteiger charge is -2.12. The van der Waals surface area contributed by atoms with Crippen LogP contribution in [0.25, 0.3) is 0 Å². The predicted molar refractivity (Wildman–Crippen MR) is 65.0 cm³/mol. The maximum absolute atomic E-state index is 5.89. The summed E-state index contributed by atoms with van der Waals surface area (Å²) in [5, 5.41) is 1.13. The van der Waals surface area contributed by atoms with Gasteiger partial charge in [-0.2, -0.15) is 0 Å². The van der Waals surface area contributed by atoms with E-state index in [9.17, 15) is 0 Å². The number of halogens is 2. The summed E-state index contributed by atoms with van der Waals surface area (Å²) >= 11 is 13.3. The Labute approximate surface area is 104 Å². The van der Waals surface area contributed by atoms with Crippen LogP contribution in [0.5, 0.6) is 0 Å². The molecule has 84 valence electrons. The summed E-state index contributed by atoms with van der Waals surface area (Å²) in [5.41, 5.74) is 0. The molecule has 0 saturated carbocycles.